The Balaban J connectivity index is 2.33. The highest BCUT2D eigenvalue weighted by Gasteiger charge is 2.15. The van der Waals surface area contributed by atoms with Crippen molar-refractivity contribution in [1.82, 2.24) is 9.97 Å². The molecule has 0 atom stereocenters. The number of rotatable bonds is 2. The van der Waals surface area contributed by atoms with Gasteiger partial charge in [-0.1, -0.05) is 18.2 Å². The molecule has 0 saturated heterocycles. The fraction of sp³-hybridized carbons (Fsp3) is 0.154. The molecule has 92 valence electrons. The number of carbonyl (C=O) groups is 1. The van der Waals surface area contributed by atoms with Crippen molar-refractivity contribution >= 4 is 11.6 Å². The number of amides is 1. The zero-order valence-electron chi connectivity index (χ0n) is 10.2. The number of aromatic nitrogens is 2. The lowest BCUT2D eigenvalue weighted by atomic mass is 10.2. The van der Waals surface area contributed by atoms with E-state index in [9.17, 15) is 9.59 Å². The highest BCUT2D eigenvalue weighted by atomic mass is 16.2. The standard InChI is InChI=1S/C13H13N3O2/c1-8-11(12(17)15-9(2)14-8)13(18)16-10-6-4-3-5-7-10/h3-7H,1-2H3,(H,16,18)(H,14,15,17). The number of aromatic amines is 1. The van der Waals surface area contributed by atoms with Gasteiger partial charge in [0.15, 0.2) is 0 Å². The van der Waals surface area contributed by atoms with Crippen molar-refractivity contribution in [3.8, 4) is 0 Å². The zero-order chi connectivity index (χ0) is 13.1. The van der Waals surface area contributed by atoms with Crippen LogP contribution in [0.2, 0.25) is 0 Å². The van der Waals surface area contributed by atoms with Crippen molar-refractivity contribution in [2.24, 2.45) is 0 Å². The molecule has 2 N–H and O–H groups in total. The second-order valence-electron chi connectivity index (χ2n) is 3.93. The van der Waals surface area contributed by atoms with Gasteiger partial charge >= 0.3 is 0 Å². The number of benzene rings is 1. The zero-order valence-corrected chi connectivity index (χ0v) is 10.2. The van der Waals surface area contributed by atoms with Crippen LogP contribution in [0.25, 0.3) is 0 Å². The molecule has 1 aromatic carbocycles. The molecule has 2 rings (SSSR count). The van der Waals surface area contributed by atoms with E-state index in [1.807, 2.05) is 6.07 Å². The van der Waals surface area contributed by atoms with Crippen LogP contribution in [-0.4, -0.2) is 15.9 Å². The van der Waals surface area contributed by atoms with Crippen LogP contribution in [0.5, 0.6) is 0 Å². The summed E-state index contributed by atoms with van der Waals surface area (Å²) in [6, 6.07) is 8.97. The van der Waals surface area contributed by atoms with Crippen LogP contribution in [0.15, 0.2) is 35.1 Å². The lowest BCUT2D eigenvalue weighted by Crippen LogP contribution is -2.26. The summed E-state index contributed by atoms with van der Waals surface area (Å²) >= 11 is 0. The fourth-order valence-corrected chi connectivity index (χ4v) is 1.71. The summed E-state index contributed by atoms with van der Waals surface area (Å²) in [4.78, 5) is 30.3. The molecule has 0 aliphatic heterocycles. The van der Waals surface area contributed by atoms with Crippen LogP contribution in [-0.2, 0) is 0 Å². The number of carbonyl (C=O) groups excluding carboxylic acids is 1. The van der Waals surface area contributed by atoms with E-state index in [4.69, 9.17) is 0 Å². The summed E-state index contributed by atoms with van der Waals surface area (Å²) in [6.07, 6.45) is 0. The Morgan fingerprint density at radius 3 is 2.50 bits per heavy atom. The van der Waals surface area contributed by atoms with Gasteiger partial charge in [-0.2, -0.15) is 0 Å². The van der Waals surface area contributed by atoms with Gasteiger partial charge in [0, 0.05) is 5.69 Å². The van der Waals surface area contributed by atoms with Gasteiger partial charge in [-0.3, -0.25) is 9.59 Å². The number of nitrogens with one attached hydrogen (secondary N) is 2. The SMILES string of the molecule is Cc1nc(C)c(C(=O)Nc2ccccc2)c(=O)[nH]1. The maximum Gasteiger partial charge on any atom is 0.264 e. The molecule has 0 unspecified atom stereocenters. The first-order valence-electron chi connectivity index (χ1n) is 5.52. The summed E-state index contributed by atoms with van der Waals surface area (Å²) in [5.74, 6) is 0.0428. The van der Waals surface area contributed by atoms with E-state index < -0.39 is 11.5 Å². The quantitative estimate of drug-likeness (QED) is 0.842. The largest absolute Gasteiger partial charge is 0.322 e. The maximum atomic E-state index is 12.0. The van der Waals surface area contributed by atoms with Crippen molar-refractivity contribution in [1.29, 1.82) is 0 Å². The summed E-state index contributed by atoms with van der Waals surface area (Å²) in [7, 11) is 0. The summed E-state index contributed by atoms with van der Waals surface area (Å²) in [5.41, 5.74) is 0.685. The minimum Gasteiger partial charge on any atom is -0.322 e. The number of hydrogen-bond acceptors (Lipinski definition) is 3. The number of nitrogens with zero attached hydrogens (tertiary/aromatic N) is 1. The van der Waals surface area contributed by atoms with E-state index in [0.717, 1.165) is 0 Å². The molecule has 18 heavy (non-hydrogen) atoms. The first-order chi connectivity index (χ1) is 8.58. The van der Waals surface area contributed by atoms with Crippen LogP contribution >= 0.6 is 0 Å². The summed E-state index contributed by atoms with van der Waals surface area (Å²) in [5, 5.41) is 2.66. The van der Waals surface area contributed by atoms with E-state index in [0.29, 0.717) is 17.2 Å². The van der Waals surface area contributed by atoms with Crippen LogP contribution in [0.1, 0.15) is 21.9 Å². The number of anilines is 1. The predicted octanol–water partition coefficient (Wildman–Crippen LogP) is 1.64. The third kappa shape index (κ3) is 2.45. The highest BCUT2D eigenvalue weighted by Crippen LogP contribution is 2.08. The van der Waals surface area contributed by atoms with Gasteiger partial charge in [-0.25, -0.2) is 4.98 Å². The van der Waals surface area contributed by atoms with Crippen molar-refractivity contribution in [3.05, 3.63) is 57.8 Å². The lowest BCUT2D eigenvalue weighted by Gasteiger charge is -2.06. The van der Waals surface area contributed by atoms with Crippen molar-refractivity contribution in [2.75, 3.05) is 5.32 Å². The van der Waals surface area contributed by atoms with Crippen molar-refractivity contribution in [2.45, 2.75) is 13.8 Å². The minimum atomic E-state index is -0.451. The molecule has 0 radical (unpaired) electrons. The molecule has 0 aliphatic rings. The molecule has 0 bridgehead atoms. The summed E-state index contributed by atoms with van der Waals surface area (Å²) in [6.45, 7) is 3.31. The van der Waals surface area contributed by atoms with Gasteiger partial charge < -0.3 is 10.3 Å². The van der Waals surface area contributed by atoms with Gasteiger partial charge in [-0.05, 0) is 26.0 Å². The van der Waals surface area contributed by atoms with Crippen LogP contribution < -0.4 is 10.9 Å². The Kier molecular flexibility index (Phi) is 3.23. The molecule has 0 fully saturated rings. The maximum absolute atomic E-state index is 12.0. The van der Waals surface area contributed by atoms with Crippen LogP contribution in [0.3, 0.4) is 0 Å². The first kappa shape index (κ1) is 12.0. The third-order valence-electron chi connectivity index (χ3n) is 2.48. The number of hydrogen-bond donors (Lipinski definition) is 2. The van der Waals surface area contributed by atoms with Crippen molar-refractivity contribution < 1.29 is 4.79 Å². The fourth-order valence-electron chi connectivity index (χ4n) is 1.71. The molecule has 0 spiro atoms. The molecule has 1 heterocycles. The van der Waals surface area contributed by atoms with Gasteiger partial charge in [0.2, 0.25) is 0 Å². The Bertz CT molecular complexity index is 632. The minimum absolute atomic E-state index is 0.0458. The van der Waals surface area contributed by atoms with E-state index >= 15 is 0 Å². The van der Waals surface area contributed by atoms with Gasteiger partial charge in [0.25, 0.3) is 11.5 Å². The molecule has 0 saturated carbocycles. The molecule has 1 aromatic heterocycles. The smallest absolute Gasteiger partial charge is 0.264 e. The number of aryl methyl sites for hydroxylation is 2. The number of H-pyrrole nitrogens is 1. The van der Waals surface area contributed by atoms with E-state index in [-0.39, 0.29) is 5.56 Å². The van der Waals surface area contributed by atoms with E-state index in [1.165, 1.54) is 0 Å². The number of para-hydroxylation sites is 1. The highest BCUT2D eigenvalue weighted by molar-refractivity contribution is 6.04. The lowest BCUT2D eigenvalue weighted by molar-refractivity contribution is 0.102. The summed E-state index contributed by atoms with van der Waals surface area (Å²) < 4.78 is 0. The monoisotopic (exact) mass is 243 g/mol. The molecular formula is C13H13N3O2. The average Bonchev–Trinajstić information content (AvgIpc) is 2.28. The molecule has 1 amide bonds. The van der Waals surface area contributed by atoms with Crippen LogP contribution in [0, 0.1) is 13.8 Å². The third-order valence-corrected chi connectivity index (χ3v) is 2.48. The molecule has 2 aromatic rings. The van der Waals surface area contributed by atoms with Gasteiger partial charge in [-0.15, -0.1) is 0 Å². The Hall–Kier alpha value is -2.43. The topological polar surface area (TPSA) is 74.8 Å². The van der Waals surface area contributed by atoms with E-state index in [2.05, 4.69) is 15.3 Å². The van der Waals surface area contributed by atoms with E-state index in [1.54, 1.807) is 38.1 Å². The molecule has 5 nitrogen and oxygen atoms in total. The Morgan fingerprint density at radius 1 is 1.22 bits per heavy atom. The van der Waals surface area contributed by atoms with Gasteiger partial charge in [0.05, 0.1) is 5.69 Å². The molecule has 5 heteroatoms. The van der Waals surface area contributed by atoms with Crippen molar-refractivity contribution in [3.63, 3.8) is 0 Å². The Labute approximate surface area is 104 Å². The average molecular weight is 243 g/mol. The first-order valence-corrected chi connectivity index (χ1v) is 5.52. The molecular weight excluding hydrogens is 230 g/mol. The molecule has 0 aliphatic carbocycles. The predicted molar refractivity (Wildman–Crippen MR) is 68.7 cm³/mol. The van der Waals surface area contributed by atoms with Gasteiger partial charge in [0.1, 0.15) is 11.4 Å². The Morgan fingerprint density at radius 2 is 1.89 bits per heavy atom. The second kappa shape index (κ2) is 4.83. The van der Waals surface area contributed by atoms with Crippen LogP contribution in [0.4, 0.5) is 5.69 Å². The normalized spacial score (nSPS) is 10.1. The second-order valence-corrected chi connectivity index (χ2v) is 3.93.